The van der Waals surface area contributed by atoms with Crippen LogP contribution in [0.15, 0.2) is 24.3 Å². The van der Waals surface area contributed by atoms with Gasteiger partial charge in [-0.3, -0.25) is 10.2 Å². The van der Waals surface area contributed by atoms with E-state index in [4.69, 9.17) is 10.8 Å². The molecule has 21 heavy (non-hydrogen) atoms. The first-order valence-electron chi connectivity index (χ1n) is 5.81. The molecule has 0 saturated heterocycles. The van der Waals surface area contributed by atoms with Crippen LogP contribution in [-0.4, -0.2) is 28.6 Å². The molecular formula is C12H12N4O3S2. The lowest BCUT2D eigenvalue weighted by atomic mass is 10.2. The van der Waals surface area contributed by atoms with E-state index in [1.807, 2.05) is 0 Å². The highest BCUT2D eigenvalue weighted by Crippen LogP contribution is 2.28. The molecule has 2 aromatic rings. The van der Waals surface area contributed by atoms with Gasteiger partial charge in [0.15, 0.2) is 5.11 Å². The first-order valence-corrected chi connectivity index (χ1v) is 7.03. The van der Waals surface area contributed by atoms with E-state index in [1.165, 1.54) is 11.3 Å². The predicted molar refractivity (Wildman–Crippen MR) is 85.3 cm³/mol. The molecule has 110 valence electrons. The molecule has 6 N–H and O–H groups in total. The van der Waals surface area contributed by atoms with Crippen molar-refractivity contribution in [1.29, 1.82) is 0 Å². The molecule has 7 nitrogen and oxygen atoms in total. The largest absolute Gasteiger partial charge is 0.477 e. The highest BCUT2D eigenvalue weighted by Gasteiger charge is 2.09. The number of thiocarbonyl (C=S) groups is 1. The fourth-order valence-electron chi connectivity index (χ4n) is 1.64. The molecule has 0 spiro atoms. The Morgan fingerprint density at radius 2 is 2.10 bits per heavy atom. The van der Waals surface area contributed by atoms with Crippen molar-refractivity contribution in [3.8, 4) is 0 Å². The molecule has 1 aromatic heterocycles. The average molecular weight is 324 g/mol. The van der Waals surface area contributed by atoms with Gasteiger partial charge in [-0.25, -0.2) is 10.2 Å². The standard InChI is InChI=1S/C12H12N4O3S2/c13-12(20)16-14-5-10(17)15-7-1-2-8-6(3-7)4-9(21-8)11(18)19/h1-4,14H,5H2,(H,15,17)(H,18,19)(H3,13,16,20). The van der Waals surface area contributed by atoms with Crippen LogP contribution in [0.5, 0.6) is 0 Å². The summed E-state index contributed by atoms with van der Waals surface area (Å²) in [6.07, 6.45) is 0. The van der Waals surface area contributed by atoms with Crippen LogP contribution in [0.25, 0.3) is 10.1 Å². The number of aromatic carboxylic acids is 1. The van der Waals surface area contributed by atoms with E-state index in [1.54, 1.807) is 24.3 Å². The number of anilines is 1. The number of amides is 1. The highest BCUT2D eigenvalue weighted by atomic mass is 32.1. The third kappa shape index (κ3) is 4.12. The van der Waals surface area contributed by atoms with Crippen molar-refractivity contribution in [1.82, 2.24) is 10.9 Å². The number of carboxylic acids is 1. The van der Waals surface area contributed by atoms with Crippen molar-refractivity contribution in [2.45, 2.75) is 0 Å². The van der Waals surface area contributed by atoms with Crippen molar-refractivity contribution in [3.05, 3.63) is 29.1 Å². The SMILES string of the molecule is NC(=S)NNCC(=O)Nc1ccc2sc(C(=O)O)cc2c1. The number of hydrogen-bond acceptors (Lipinski definition) is 5. The van der Waals surface area contributed by atoms with E-state index < -0.39 is 5.97 Å². The normalized spacial score (nSPS) is 10.3. The maximum absolute atomic E-state index is 11.7. The summed E-state index contributed by atoms with van der Waals surface area (Å²) in [7, 11) is 0. The van der Waals surface area contributed by atoms with Gasteiger partial charge in [0.2, 0.25) is 5.91 Å². The van der Waals surface area contributed by atoms with Crippen molar-refractivity contribution in [2.75, 3.05) is 11.9 Å². The number of fused-ring (bicyclic) bond motifs is 1. The van der Waals surface area contributed by atoms with E-state index in [0.717, 1.165) is 10.1 Å². The van der Waals surface area contributed by atoms with E-state index in [-0.39, 0.29) is 22.4 Å². The first kappa shape index (κ1) is 15.2. The lowest BCUT2D eigenvalue weighted by Crippen LogP contribution is -2.44. The van der Waals surface area contributed by atoms with Gasteiger partial charge in [0.25, 0.3) is 0 Å². The highest BCUT2D eigenvalue weighted by molar-refractivity contribution is 7.80. The number of nitrogens with one attached hydrogen (secondary N) is 3. The minimum atomic E-state index is -0.963. The Hall–Kier alpha value is -2.23. The molecule has 0 aliphatic heterocycles. The summed E-state index contributed by atoms with van der Waals surface area (Å²) in [4.78, 5) is 22.8. The van der Waals surface area contributed by atoms with Crippen LogP contribution < -0.4 is 21.9 Å². The zero-order valence-corrected chi connectivity index (χ0v) is 12.3. The maximum atomic E-state index is 11.7. The van der Waals surface area contributed by atoms with Gasteiger partial charge in [-0.05, 0) is 41.9 Å². The van der Waals surface area contributed by atoms with Crippen LogP contribution in [0.1, 0.15) is 9.67 Å². The fraction of sp³-hybridized carbons (Fsp3) is 0.0833. The van der Waals surface area contributed by atoms with Gasteiger partial charge in [-0.2, -0.15) is 0 Å². The molecular weight excluding hydrogens is 312 g/mol. The number of benzene rings is 1. The molecule has 0 saturated carbocycles. The molecule has 1 heterocycles. The van der Waals surface area contributed by atoms with Crippen LogP contribution in [0.4, 0.5) is 5.69 Å². The van der Waals surface area contributed by atoms with Gasteiger partial charge in [-0.15, -0.1) is 11.3 Å². The molecule has 0 unspecified atom stereocenters. The molecule has 0 aliphatic rings. The number of carboxylic acid groups (broad SMARTS) is 1. The van der Waals surface area contributed by atoms with E-state index in [0.29, 0.717) is 5.69 Å². The smallest absolute Gasteiger partial charge is 0.345 e. The number of thiophene rings is 1. The Labute approximate surface area is 129 Å². The van der Waals surface area contributed by atoms with Gasteiger partial charge in [-0.1, -0.05) is 0 Å². The van der Waals surface area contributed by atoms with Gasteiger partial charge in [0, 0.05) is 10.4 Å². The Bertz CT molecular complexity index is 714. The summed E-state index contributed by atoms with van der Waals surface area (Å²) in [5, 5.41) is 12.4. The third-order valence-corrected chi connectivity index (χ3v) is 3.68. The Morgan fingerprint density at radius 1 is 1.33 bits per heavy atom. The topological polar surface area (TPSA) is 116 Å². The summed E-state index contributed by atoms with van der Waals surface area (Å²) in [5.41, 5.74) is 10.8. The number of rotatable bonds is 5. The zero-order valence-electron chi connectivity index (χ0n) is 10.7. The molecule has 9 heteroatoms. The second-order valence-corrected chi connectivity index (χ2v) is 5.58. The third-order valence-electron chi connectivity index (χ3n) is 2.47. The minimum absolute atomic E-state index is 0.0145. The van der Waals surface area contributed by atoms with Crippen LogP contribution in [0.3, 0.4) is 0 Å². The van der Waals surface area contributed by atoms with Gasteiger partial charge >= 0.3 is 5.97 Å². The van der Waals surface area contributed by atoms with E-state index in [9.17, 15) is 9.59 Å². The monoisotopic (exact) mass is 324 g/mol. The molecule has 0 aliphatic carbocycles. The Balaban J connectivity index is 2.03. The van der Waals surface area contributed by atoms with E-state index in [2.05, 4.69) is 28.4 Å². The van der Waals surface area contributed by atoms with Crippen molar-refractivity contribution >= 4 is 56.3 Å². The van der Waals surface area contributed by atoms with Crippen molar-refractivity contribution < 1.29 is 14.7 Å². The number of carbonyl (C=O) groups is 2. The van der Waals surface area contributed by atoms with Gasteiger partial charge in [0.05, 0.1) is 6.54 Å². The van der Waals surface area contributed by atoms with E-state index >= 15 is 0 Å². The number of nitrogens with two attached hydrogens (primary N) is 1. The Morgan fingerprint density at radius 3 is 2.76 bits per heavy atom. The summed E-state index contributed by atoms with van der Waals surface area (Å²) >= 11 is 5.77. The second-order valence-electron chi connectivity index (χ2n) is 4.06. The maximum Gasteiger partial charge on any atom is 0.345 e. The molecule has 0 bridgehead atoms. The molecule has 0 atom stereocenters. The molecule has 1 amide bonds. The summed E-state index contributed by atoms with van der Waals surface area (Å²) < 4.78 is 0.846. The first-order chi connectivity index (χ1) is 9.95. The van der Waals surface area contributed by atoms with Gasteiger partial charge < -0.3 is 16.2 Å². The average Bonchev–Trinajstić information content (AvgIpc) is 2.81. The number of carbonyl (C=O) groups excluding carboxylic acids is 1. The lowest BCUT2D eigenvalue weighted by molar-refractivity contribution is -0.115. The van der Waals surface area contributed by atoms with Crippen LogP contribution in [-0.2, 0) is 4.79 Å². The predicted octanol–water partition coefficient (Wildman–Crippen LogP) is 0.876. The second kappa shape index (κ2) is 6.48. The van der Waals surface area contributed by atoms with Crippen LogP contribution in [0, 0.1) is 0 Å². The number of hydrazine groups is 1. The molecule has 2 rings (SSSR count). The minimum Gasteiger partial charge on any atom is -0.477 e. The van der Waals surface area contributed by atoms with Crippen molar-refractivity contribution in [2.24, 2.45) is 5.73 Å². The van der Waals surface area contributed by atoms with Crippen molar-refractivity contribution in [3.63, 3.8) is 0 Å². The number of hydrogen-bond donors (Lipinski definition) is 5. The zero-order chi connectivity index (χ0) is 15.4. The summed E-state index contributed by atoms with van der Waals surface area (Å²) in [5.74, 6) is -1.25. The fourth-order valence-corrected chi connectivity index (χ4v) is 2.60. The van der Waals surface area contributed by atoms with Gasteiger partial charge in [0.1, 0.15) is 4.88 Å². The molecule has 0 radical (unpaired) electrons. The van der Waals surface area contributed by atoms with Crippen LogP contribution in [0.2, 0.25) is 0 Å². The van der Waals surface area contributed by atoms with Crippen LogP contribution >= 0.6 is 23.6 Å². The summed E-state index contributed by atoms with van der Waals surface area (Å²) in [6, 6.07) is 6.77. The summed E-state index contributed by atoms with van der Waals surface area (Å²) in [6.45, 7) is -0.0145. The Kier molecular flexibility index (Phi) is 4.68. The molecule has 0 fully saturated rings. The quantitative estimate of drug-likeness (QED) is 0.409. The lowest BCUT2D eigenvalue weighted by Gasteiger charge is -2.07. The molecule has 1 aromatic carbocycles.